The smallest absolute Gasteiger partial charge is 0.313 e. The lowest BCUT2D eigenvalue weighted by Gasteiger charge is -2.01. The Morgan fingerprint density at radius 1 is 1.52 bits per heavy atom. The molecular weight excluding hydrogens is 340 g/mol. The van der Waals surface area contributed by atoms with E-state index in [1.54, 1.807) is 6.92 Å². The SMILES string of the molecule is Cc1cc(CS(=O)(=O)Nc2nnc(SCC(=O)O)s2)no1. The van der Waals surface area contributed by atoms with Crippen LogP contribution in [0.1, 0.15) is 11.5 Å². The average Bonchev–Trinajstić information content (AvgIpc) is 2.95. The zero-order chi connectivity index (χ0) is 15.5. The molecule has 0 bridgehead atoms. The van der Waals surface area contributed by atoms with E-state index in [1.807, 2.05) is 0 Å². The lowest BCUT2D eigenvalue weighted by Crippen LogP contribution is -2.15. The average molecular weight is 350 g/mol. The predicted octanol–water partition coefficient (Wildman–Crippen LogP) is 0.953. The number of carbonyl (C=O) groups is 1. The van der Waals surface area contributed by atoms with Crippen molar-refractivity contribution in [2.45, 2.75) is 17.0 Å². The quantitative estimate of drug-likeness (QED) is 0.699. The van der Waals surface area contributed by atoms with Crippen molar-refractivity contribution >= 4 is 44.2 Å². The van der Waals surface area contributed by atoms with Gasteiger partial charge in [0, 0.05) is 6.07 Å². The van der Waals surface area contributed by atoms with Gasteiger partial charge < -0.3 is 9.63 Å². The van der Waals surface area contributed by atoms with Crippen LogP contribution in [-0.2, 0) is 20.6 Å². The maximum Gasteiger partial charge on any atom is 0.313 e. The van der Waals surface area contributed by atoms with Crippen LogP contribution in [0.4, 0.5) is 5.13 Å². The van der Waals surface area contributed by atoms with Gasteiger partial charge in [-0.2, -0.15) is 0 Å². The number of carboxylic acids is 1. The van der Waals surface area contributed by atoms with Gasteiger partial charge in [-0.05, 0) is 6.92 Å². The van der Waals surface area contributed by atoms with Gasteiger partial charge in [0.05, 0.1) is 5.75 Å². The number of anilines is 1. The van der Waals surface area contributed by atoms with Gasteiger partial charge >= 0.3 is 5.97 Å². The third-order valence-corrected chi connectivity index (χ3v) is 5.25. The standard InChI is InChI=1S/C9H10N4O5S3/c1-5-2-6(12-18-5)4-21(16,17)13-8-10-11-9(20-8)19-3-7(14)15/h2H,3-4H2,1H3,(H,10,13)(H,14,15). The Morgan fingerprint density at radius 2 is 2.29 bits per heavy atom. The summed E-state index contributed by atoms with van der Waals surface area (Å²) in [5.74, 6) is -0.983. The van der Waals surface area contributed by atoms with Crippen molar-refractivity contribution in [1.82, 2.24) is 15.4 Å². The van der Waals surface area contributed by atoms with Crippen LogP contribution in [0.2, 0.25) is 0 Å². The zero-order valence-corrected chi connectivity index (χ0v) is 13.1. The lowest BCUT2D eigenvalue weighted by molar-refractivity contribution is -0.133. The molecule has 0 aliphatic rings. The number of rotatable bonds is 7. The molecule has 0 aromatic carbocycles. The predicted molar refractivity (Wildman–Crippen MR) is 75.8 cm³/mol. The zero-order valence-electron chi connectivity index (χ0n) is 10.6. The molecule has 9 nitrogen and oxygen atoms in total. The Labute approximate surface area is 127 Å². The summed E-state index contributed by atoms with van der Waals surface area (Å²) < 4.78 is 31.2. The topological polar surface area (TPSA) is 135 Å². The fraction of sp³-hybridized carbons (Fsp3) is 0.333. The van der Waals surface area contributed by atoms with Crippen molar-refractivity contribution in [3.05, 3.63) is 17.5 Å². The van der Waals surface area contributed by atoms with Gasteiger partial charge in [-0.25, -0.2) is 8.42 Å². The number of aliphatic carboxylic acids is 1. The van der Waals surface area contributed by atoms with E-state index in [1.165, 1.54) is 6.07 Å². The summed E-state index contributed by atoms with van der Waals surface area (Å²) in [5.41, 5.74) is 0.282. The van der Waals surface area contributed by atoms with E-state index < -0.39 is 16.0 Å². The molecule has 21 heavy (non-hydrogen) atoms. The van der Waals surface area contributed by atoms with Crippen LogP contribution in [0.3, 0.4) is 0 Å². The van der Waals surface area contributed by atoms with Gasteiger partial charge in [-0.15, -0.1) is 10.2 Å². The molecule has 0 saturated heterocycles. The van der Waals surface area contributed by atoms with Gasteiger partial charge in [-0.1, -0.05) is 28.3 Å². The van der Waals surface area contributed by atoms with E-state index in [2.05, 4.69) is 20.1 Å². The number of aryl methyl sites for hydroxylation is 1. The number of nitrogens with zero attached hydrogens (tertiary/aromatic N) is 3. The molecule has 0 saturated carbocycles. The molecule has 0 unspecified atom stereocenters. The molecule has 0 aliphatic heterocycles. The fourth-order valence-electron chi connectivity index (χ4n) is 1.28. The minimum Gasteiger partial charge on any atom is -0.481 e. The van der Waals surface area contributed by atoms with E-state index in [0.717, 1.165) is 23.1 Å². The van der Waals surface area contributed by atoms with Gasteiger partial charge in [0.2, 0.25) is 15.2 Å². The molecule has 12 heteroatoms. The van der Waals surface area contributed by atoms with Crippen LogP contribution in [0.5, 0.6) is 0 Å². The minimum absolute atomic E-state index is 0.0723. The minimum atomic E-state index is -3.68. The maximum atomic E-state index is 11.9. The Balaban J connectivity index is 1.98. The molecular formula is C9H10N4O5S3. The Hall–Kier alpha value is -1.66. The third-order valence-electron chi connectivity index (χ3n) is 1.98. The molecule has 0 fully saturated rings. The van der Waals surface area contributed by atoms with Gasteiger partial charge in [-0.3, -0.25) is 9.52 Å². The first kappa shape index (κ1) is 15.7. The number of nitrogens with one attached hydrogen (secondary N) is 1. The highest BCUT2D eigenvalue weighted by Crippen LogP contribution is 2.26. The molecule has 114 valence electrons. The Bertz CT molecular complexity index is 738. The molecule has 0 radical (unpaired) electrons. The molecule has 0 atom stereocenters. The summed E-state index contributed by atoms with van der Waals surface area (Å²) >= 11 is 1.93. The summed E-state index contributed by atoms with van der Waals surface area (Å²) in [6, 6.07) is 1.52. The summed E-state index contributed by atoms with van der Waals surface area (Å²) in [7, 11) is -3.68. The summed E-state index contributed by atoms with van der Waals surface area (Å²) in [4.78, 5) is 10.4. The monoisotopic (exact) mass is 350 g/mol. The molecule has 2 rings (SSSR count). The molecule has 2 heterocycles. The van der Waals surface area contributed by atoms with E-state index >= 15 is 0 Å². The maximum absolute atomic E-state index is 11.9. The molecule has 0 aliphatic carbocycles. The van der Waals surface area contributed by atoms with E-state index in [9.17, 15) is 13.2 Å². The van der Waals surface area contributed by atoms with Crippen LogP contribution in [0, 0.1) is 6.92 Å². The largest absolute Gasteiger partial charge is 0.481 e. The highest BCUT2D eigenvalue weighted by molar-refractivity contribution is 8.01. The lowest BCUT2D eigenvalue weighted by atomic mass is 10.4. The number of carboxylic acid groups (broad SMARTS) is 1. The molecule has 0 amide bonds. The number of hydrogen-bond donors (Lipinski definition) is 2. The van der Waals surface area contributed by atoms with Crippen LogP contribution in [-0.4, -0.2) is 40.6 Å². The normalized spacial score (nSPS) is 11.5. The summed E-state index contributed by atoms with van der Waals surface area (Å²) in [5, 5.41) is 19.6. The molecule has 2 aromatic heterocycles. The van der Waals surface area contributed by atoms with Crippen molar-refractivity contribution in [1.29, 1.82) is 0 Å². The van der Waals surface area contributed by atoms with Crippen molar-refractivity contribution in [2.75, 3.05) is 10.5 Å². The second-order valence-electron chi connectivity index (χ2n) is 3.85. The van der Waals surface area contributed by atoms with Crippen molar-refractivity contribution in [3.8, 4) is 0 Å². The molecule has 2 N–H and O–H groups in total. The van der Waals surface area contributed by atoms with Crippen molar-refractivity contribution in [2.24, 2.45) is 0 Å². The summed E-state index contributed by atoms with van der Waals surface area (Å²) in [6.07, 6.45) is 0. The fourth-order valence-corrected chi connectivity index (χ4v) is 4.06. The number of hydrogen-bond acceptors (Lipinski definition) is 9. The first-order valence-electron chi connectivity index (χ1n) is 5.45. The summed E-state index contributed by atoms with van der Waals surface area (Å²) in [6.45, 7) is 1.66. The highest BCUT2D eigenvalue weighted by atomic mass is 32.2. The van der Waals surface area contributed by atoms with Crippen LogP contribution >= 0.6 is 23.1 Å². The van der Waals surface area contributed by atoms with Gasteiger partial charge in [0.15, 0.2) is 4.34 Å². The first-order chi connectivity index (χ1) is 9.84. The third kappa shape index (κ3) is 4.99. The van der Waals surface area contributed by atoms with Crippen LogP contribution in [0.15, 0.2) is 14.9 Å². The number of thioether (sulfide) groups is 1. The van der Waals surface area contributed by atoms with Crippen molar-refractivity contribution in [3.63, 3.8) is 0 Å². The van der Waals surface area contributed by atoms with Crippen LogP contribution in [0.25, 0.3) is 0 Å². The Kier molecular flexibility index (Phi) is 4.80. The first-order valence-corrected chi connectivity index (χ1v) is 8.90. The number of aromatic nitrogens is 3. The molecule has 0 spiro atoms. The van der Waals surface area contributed by atoms with Crippen LogP contribution < -0.4 is 4.72 Å². The van der Waals surface area contributed by atoms with Gasteiger partial charge in [0.1, 0.15) is 17.2 Å². The van der Waals surface area contributed by atoms with Crippen molar-refractivity contribution < 1.29 is 22.8 Å². The molecule has 2 aromatic rings. The second kappa shape index (κ2) is 6.41. The Morgan fingerprint density at radius 3 is 2.90 bits per heavy atom. The number of sulfonamides is 1. The highest BCUT2D eigenvalue weighted by Gasteiger charge is 2.17. The van der Waals surface area contributed by atoms with E-state index in [4.69, 9.17) is 9.63 Å². The van der Waals surface area contributed by atoms with Gasteiger partial charge in [0.25, 0.3) is 0 Å². The van der Waals surface area contributed by atoms with E-state index in [-0.39, 0.29) is 22.3 Å². The second-order valence-corrected chi connectivity index (χ2v) is 7.77. The van der Waals surface area contributed by atoms with E-state index in [0.29, 0.717) is 10.1 Å².